The van der Waals surface area contributed by atoms with Gasteiger partial charge >= 0.3 is 0 Å². The van der Waals surface area contributed by atoms with E-state index in [0.717, 1.165) is 68.6 Å². The third-order valence-electron chi connectivity index (χ3n) is 5.85. The van der Waals surface area contributed by atoms with Gasteiger partial charge in [0.15, 0.2) is 5.78 Å². The molecule has 3 aliphatic heterocycles. The van der Waals surface area contributed by atoms with Crippen molar-refractivity contribution in [1.29, 1.82) is 0 Å². The Morgan fingerprint density at radius 2 is 2.04 bits per heavy atom. The van der Waals surface area contributed by atoms with Crippen molar-refractivity contribution in [3.63, 3.8) is 0 Å². The van der Waals surface area contributed by atoms with Crippen LogP contribution in [-0.4, -0.2) is 56.2 Å². The van der Waals surface area contributed by atoms with Gasteiger partial charge in [0.2, 0.25) is 0 Å². The predicted molar refractivity (Wildman–Crippen MR) is 92.9 cm³/mol. The smallest absolute Gasteiger partial charge is 0.190 e. The van der Waals surface area contributed by atoms with Crippen LogP contribution in [0.25, 0.3) is 0 Å². The highest BCUT2D eigenvalue weighted by Crippen LogP contribution is 2.40. The molecule has 3 aliphatic rings. The fourth-order valence-corrected chi connectivity index (χ4v) is 4.28. The van der Waals surface area contributed by atoms with E-state index in [1.54, 1.807) is 7.11 Å². The van der Waals surface area contributed by atoms with Gasteiger partial charge in [0.25, 0.3) is 0 Å². The van der Waals surface area contributed by atoms with E-state index in [4.69, 9.17) is 9.47 Å². The van der Waals surface area contributed by atoms with Gasteiger partial charge in [0.1, 0.15) is 11.3 Å². The van der Waals surface area contributed by atoms with Gasteiger partial charge in [-0.25, -0.2) is 0 Å². The fraction of sp³-hybridized carbons (Fsp3) is 0.632. The Morgan fingerprint density at radius 3 is 2.75 bits per heavy atom. The van der Waals surface area contributed by atoms with Gasteiger partial charge in [-0.3, -0.25) is 4.79 Å². The molecule has 0 amide bonds. The molecule has 4 rings (SSSR count). The number of benzene rings is 1. The highest BCUT2D eigenvalue weighted by Gasteiger charge is 2.47. The minimum Gasteiger partial charge on any atom is -0.497 e. The molecule has 24 heavy (non-hydrogen) atoms. The summed E-state index contributed by atoms with van der Waals surface area (Å²) in [6, 6.07) is 5.75. The number of ketones is 1. The molecule has 0 unspecified atom stereocenters. The van der Waals surface area contributed by atoms with Crippen LogP contribution in [0.5, 0.6) is 5.75 Å². The zero-order valence-corrected chi connectivity index (χ0v) is 14.3. The number of nitrogens with one attached hydrogen (secondary N) is 1. The summed E-state index contributed by atoms with van der Waals surface area (Å²) in [5.41, 5.74) is 1.34. The second-order valence-corrected chi connectivity index (χ2v) is 7.30. The summed E-state index contributed by atoms with van der Waals surface area (Å²) in [7, 11) is 1.64. The summed E-state index contributed by atoms with van der Waals surface area (Å²) in [5.74, 6) is 1.74. The van der Waals surface area contributed by atoms with Crippen LogP contribution in [0.15, 0.2) is 18.2 Å². The van der Waals surface area contributed by atoms with Crippen LogP contribution < -0.4 is 10.1 Å². The SMILES string of the molecule is COc1ccc2c(c1)C(=O)C1(CCN(CC3CCOCC3)CC1)N2. The van der Waals surface area contributed by atoms with E-state index in [0.29, 0.717) is 0 Å². The summed E-state index contributed by atoms with van der Waals surface area (Å²) in [6.45, 7) is 4.93. The lowest BCUT2D eigenvalue weighted by molar-refractivity contribution is 0.0454. The van der Waals surface area contributed by atoms with Gasteiger partial charge in [-0.15, -0.1) is 0 Å². The van der Waals surface area contributed by atoms with Crippen LogP contribution >= 0.6 is 0 Å². The number of Topliss-reactive ketones (excluding diaryl/α,β-unsaturated/α-hetero) is 1. The minimum absolute atomic E-state index is 0.238. The van der Waals surface area contributed by atoms with Crippen LogP contribution in [0.4, 0.5) is 5.69 Å². The number of hydrogen-bond donors (Lipinski definition) is 1. The van der Waals surface area contributed by atoms with E-state index >= 15 is 0 Å². The van der Waals surface area contributed by atoms with Crippen LogP contribution in [-0.2, 0) is 4.74 Å². The maximum Gasteiger partial charge on any atom is 0.190 e. The average molecular weight is 330 g/mol. The number of nitrogens with zero attached hydrogens (tertiary/aromatic N) is 1. The zero-order valence-electron chi connectivity index (χ0n) is 14.3. The van der Waals surface area contributed by atoms with Crippen molar-refractivity contribution in [2.24, 2.45) is 5.92 Å². The molecule has 0 radical (unpaired) electrons. The van der Waals surface area contributed by atoms with Crippen molar-refractivity contribution in [2.45, 2.75) is 31.2 Å². The zero-order chi connectivity index (χ0) is 16.6. The normalized spacial score (nSPS) is 24.0. The van der Waals surface area contributed by atoms with Gasteiger partial charge in [-0.1, -0.05) is 0 Å². The molecule has 0 aromatic heterocycles. The number of carbonyl (C=O) groups excluding carboxylic acids is 1. The Bertz CT molecular complexity index is 617. The highest BCUT2D eigenvalue weighted by molar-refractivity contribution is 6.13. The van der Waals surface area contributed by atoms with Crippen molar-refractivity contribution in [2.75, 3.05) is 45.3 Å². The molecular weight excluding hydrogens is 304 g/mol. The van der Waals surface area contributed by atoms with E-state index in [2.05, 4.69) is 10.2 Å². The topological polar surface area (TPSA) is 50.8 Å². The number of anilines is 1. The lowest BCUT2D eigenvalue weighted by atomic mass is 9.83. The summed E-state index contributed by atoms with van der Waals surface area (Å²) in [4.78, 5) is 15.5. The second-order valence-electron chi connectivity index (χ2n) is 7.30. The van der Waals surface area contributed by atoms with Crippen LogP contribution in [0.3, 0.4) is 0 Å². The van der Waals surface area contributed by atoms with Crippen molar-refractivity contribution < 1.29 is 14.3 Å². The molecule has 1 spiro atoms. The van der Waals surface area contributed by atoms with E-state index in [1.165, 1.54) is 12.8 Å². The quantitative estimate of drug-likeness (QED) is 0.923. The number of carbonyl (C=O) groups is 1. The third kappa shape index (κ3) is 2.80. The maximum atomic E-state index is 13.0. The van der Waals surface area contributed by atoms with E-state index in [1.807, 2.05) is 18.2 Å². The van der Waals surface area contributed by atoms with Gasteiger partial charge in [0.05, 0.1) is 7.11 Å². The predicted octanol–water partition coefficient (Wildman–Crippen LogP) is 2.56. The summed E-state index contributed by atoms with van der Waals surface area (Å²) < 4.78 is 10.7. The molecular formula is C19H26N2O3. The first-order valence-corrected chi connectivity index (χ1v) is 9.01. The second kappa shape index (κ2) is 6.37. The Hall–Kier alpha value is -1.59. The number of fused-ring (bicyclic) bond motifs is 1. The first-order valence-electron chi connectivity index (χ1n) is 9.01. The molecule has 130 valence electrons. The van der Waals surface area contributed by atoms with Gasteiger partial charge < -0.3 is 19.7 Å². The van der Waals surface area contributed by atoms with Gasteiger partial charge in [0, 0.05) is 44.1 Å². The van der Waals surface area contributed by atoms with Crippen LogP contribution in [0.1, 0.15) is 36.0 Å². The van der Waals surface area contributed by atoms with Crippen molar-refractivity contribution in [1.82, 2.24) is 4.90 Å². The first kappa shape index (κ1) is 15.9. The Labute approximate surface area is 143 Å². The van der Waals surface area contributed by atoms with Gasteiger partial charge in [-0.05, 0) is 49.8 Å². The van der Waals surface area contributed by atoms with Gasteiger partial charge in [-0.2, -0.15) is 0 Å². The molecule has 0 saturated carbocycles. The molecule has 1 aromatic rings. The van der Waals surface area contributed by atoms with Crippen molar-refractivity contribution in [3.8, 4) is 5.75 Å². The molecule has 5 nitrogen and oxygen atoms in total. The van der Waals surface area contributed by atoms with E-state index in [9.17, 15) is 4.79 Å². The summed E-state index contributed by atoms with van der Waals surface area (Å²) >= 11 is 0. The molecule has 1 aromatic carbocycles. The molecule has 0 aliphatic carbocycles. The first-order chi connectivity index (χ1) is 11.7. The lowest BCUT2D eigenvalue weighted by Gasteiger charge is -2.40. The minimum atomic E-state index is -0.402. The lowest BCUT2D eigenvalue weighted by Crippen LogP contribution is -2.52. The molecule has 0 atom stereocenters. The van der Waals surface area contributed by atoms with Crippen LogP contribution in [0, 0.1) is 5.92 Å². The van der Waals surface area contributed by atoms with E-state index in [-0.39, 0.29) is 5.78 Å². The largest absolute Gasteiger partial charge is 0.497 e. The number of ether oxygens (including phenoxy) is 2. The Balaban J connectivity index is 1.41. The number of rotatable bonds is 3. The Kier molecular flexibility index (Phi) is 4.22. The van der Waals surface area contributed by atoms with E-state index < -0.39 is 5.54 Å². The molecule has 1 N–H and O–H groups in total. The van der Waals surface area contributed by atoms with Crippen molar-refractivity contribution in [3.05, 3.63) is 23.8 Å². The summed E-state index contributed by atoms with van der Waals surface area (Å²) in [5, 5.41) is 3.52. The standard InChI is InChI=1S/C19H26N2O3/c1-23-15-2-3-17-16(12-15)18(22)19(20-17)6-8-21(9-7-19)13-14-4-10-24-11-5-14/h2-3,12,14,20H,4-11,13H2,1H3. The number of hydrogen-bond acceptors (Lipinski definition) is 5. The Morgan fingerprint density at radius 1 is 1.29 bits per heavy atom. The molecule has 2 fully saturated rings. The van der Waals surface area contributed by atoms with Crippen LogP contribution in [0.2, 0.25) is 0 Å². The third-order valence-corrected chi connectivity index (χ3v) is 5.85. The molecule has 5 heteroatoms. The monoisotopic (exact) mass is 330 g/mol. The molecule has 2 saturated heterocycles. The average Bonchev–Trinajstić information content (AvgIpc) is 2.90. The molecule has 0 bridgehead atoms. The highest BCUT2D eigenvalue weighted by atomic mass is 16.5. The number of likely N-dealkylation sites (tertiary alicyclic amines) is 1. The maximum absolute atomic E-state index is 13.0. The fourth-order valence-electron chi connectivity index (χ4n) is 4.28. The molecule has 3 heterocycles. The summed E-state index contributed by atoms with van der Waals surface area (Å²) in [6.07, 6.45) is 4.10. The van der Waals surface area contributed by atoms with Crippen molar-refractivity contribution >= 4 is 11.5 Å². The number of methoxy groups -OCH3 is 1. The number of piperidine rings is 1.